The molecular formula is C15H15F2NO2. The average Bonchev–Trinajstić information content (AvgIpc) is 2.38. The van der Waals surface area contributed by atoms with Gasteiger partial charge in [0.1, 0.15) is 29.7 Å². The Morgan fingerprint density at radius 1 is 1.00 bits per heavy atom. The molecule has 0 radical (unpaired) electrons. The third-order valence-electron chi connectivity index (χ3n) is 2.61. The second kappa shape index (κ2) is 6.23. The third kappa shape index (κ3) is 3.60. The fourth-order valence-corrected chi connectivity index (χ4v) is 1.78. The number of hydrogen-bond donors (Lipinski definition) is 1. The maximum Gasteiger partial charge on any atom is 0.129 e. The predicted molar refractivity (Wildman–Crippen MR) is 72.7 cm³/mol. The van der Waals surface area contributed by atoms with Gasteiger partial charge in [-0.3, -0.25) is 0 Å². The van der Waals surface area contributed by atoms with Gasteiger partial charge in [0.05, 0.1) is 6.61 Å². The third-order valence-corrected chi connectivity index (χ3v) is 2.61. The van der Waals surface area contributed by atoms with E-state index in [4.69, 9.17) is 15.2 Å². The van der Waals surface area contributed by atoms with Crippen molar-refractivity contribution < 1.29 is 18.3 Å². The zero-order chi connectivity index (χ0) is 14.5. The van der Waals surface area contributed by atoms with Crippen LogP contribution in [0.15, 0.2) is 36.4 Å². The molecule has 3 nitrogen and oxygen atoms in total. The molecule has 0 amide bonds. The lowest BCUT2D eigenvalue weighted by Gasteiger charge is -2.12. The summed E-state index contributed by atoms with van der Waals surface area (Å²) in [6.45, 7) is 2.48. The van der Waals surface area contributed by atoms with Gasteiger partial charge in [0.2, 0.25) is 0 Å². The van der Waals surface area contributed by atoms with Crippen LogP contribution in [0.25, 0.3) is 0 Å². The molecule has 20 heavy (non-hydrogen) atoms. The molecule has 0 atom stereocenters. The SMILES string of the molecule is CCOc1ccc(N)cc1COc1cc(F)cc(F)c1. The molecule has 2 N–H and O–H groups in total. The van der Waals surface area contributed by atoms with Crippen LogP contribution in [0.5, 0.6) is 11.5 Å². The molecule has 0 aliphatic rings. The van der Waals surface area contributed by atoms with E-state index in [2.05, 4.69) is 0 Å². The van der Waals surface area contributed by atoms with Crippen LogP contribution in [0, 0.1) is 11.6 Å². The molecule has 0 aliphatic heterocycles. The monoisotopic (exact) mass is 279 g/mol. The maximum absolute atomic E-state index is 13.1. The smallest absolute Gasteiger partial charge is 0.129 e. The fourth-order valence-electron chi connectivity index (χ4n) is 1.78. The summed E-state index contributed by atoms with van der Waals surface area (Å²) in [7, 11) is 0. The Morgan fingerprint density at radius 3 is 2.35 bits per heavy atom. The molecule has 5 heteroatoms. The van der Waals surface area contributed by atoms with Gasteiger partial charge in [0, 0.05) is 29.4 Å². The molecule has 0 saturated heterocycles. The first-order valence-electron chi connectivity index (χ1n) is 6.18. The summed E-state index contributed by atoms with van der Waals surface area (Å²) >= 11 is 0. The van der Waals surface area contributed by atoms with Gasteiger partial charge < -0.3 is 15.2 Å². The lowest BCUT2D eigenvalue weighted by Crippen LogP contribution is -2.02. The van der Waals surface area contributed by atoms with Crippen LogP contribution in [-0.4, -0.2) is 6.61 Å². The van der Waals surface area contributed by atoms with E-state index in [1.165, 1.54) is 0 Å². The highest BCUT2D eigenvalue weighted by Gasteiger charge is 2.07. The van der Waals surface area contributed by atoms with Crippen molar-refractivity contribution in [2.75, 3.05) is 12.3 Å². The lowest BCUT2D eigenvalue weighted by molar-refractivity contribution is 0.284. The summed E-state index contributed by atoms with van der Waals surface area (Å²) in [5.41, 5.74) is 7.00. The van der Waals surface area contributed by atoms with E-state index in [0.29, 0.717) is 18.0 Å². The van der Waals surface area contributed by atoms with Crippen molar-refractivity contribution in [3.05, 3.63) is 53.6 Å². The zero-order valence-corrected chi connectivity index (χ0v) is 11.0. The molecule has 0 bridgehead atoms. The minimum atomic E-state index is -0.683. The van der Waals surface area contributed by atoms with Gasteiger partial charge in [-0.25, -0.2) is 8.78 Å². The highest BCUT2D eigenvalue weighted by molar-refractivity contribution is 5.47. The molecular weight excluding hydrogens is 264 g/mol. The number of halogens is 2. The Morgan fingerprint density at radius 2 is 1.70 bits per heavy atom. The number of anilines is 1. The Labute approximate surface area is 115 Å². The van der Waals surface area contributed by atoms with Gasteiger partial charge in [0.15, 0.2) is 0 Å². The molecule has 2 rings (SSSR count). The Hall–Kier alpha value is -2.30. The van der Waals surface area contributed by atoms with Gasteiger partial charge in [-0.15, -0.1) is 0 Å². The van der Waals surface area contributed by atoms with Crippen LogP contribution >= 0.6 is 0 Å². The van der Waals surface area contributed by atoms with Crippen molar-refractivity contribution in [3.63, 3.8) is 0 Å². The first-order valence-corrected chi connectivity index (χ1v) is 6.18. The molecule has 0 spiro atoms. The first-order chi connectivity index (χ1) is 9.58. The van der Waals surface area contributed by atoms with Crippen LogP contribution in [0.3, 0.4) is 0 Å². The van der Waals surface area contributed by atoms with Crippen molar-refractivity contribution in [1.82, 2.24) is 0 Å². The molecule has 0 fully saturated rings. The summed E-state index contributed by atoms with van der Waals surface area (Å²) in [6.07, 6.45) is 0. The number of nitrogen functional groups attached to an aromatic ring is 1. The molecule has 0 aliphatic carbocycles. The summed E-state index contributed by atoms with van der Waals surface area (Å²) in [5, 5.41) is 0. The van der Waals surface area contributed by atoms with Crippen LogP contribution < -0.4 is 15.2 Å². The molecule has 106 valence electrons. The normalized spacial score (nSPS) is 10.3. The van der Waals surface area contributed by atoms with Crippen LogP contribution in [0.2, 0.25) is 0 Å². The quantitative estimate of drug-likeness (QED) is 0.852. The Balaban J connectivity index is 2.15. The number of rotatable bonds is 5. The van der Waals surface area contributed by atoms with E-state index in [1.54, 1.807) is 18.2 Å². The zero-order valence-electron chi connectivity index (χ0n) is 11.0. The summed E-state index contributed by atoms with van der Waals surface area (Å²) in [4.78, 5) is 0. The lowest BCUT2D eigenvalue weighted by atomic mass is 10.2. The number of benzene rings is 2. The minimum absolute atomic E-state index is 0.114. The molecule has 0 unspecified atom stereocenters. The highest BCUT2D eigenvalue weighted by atomic mass is 19.1. The Kier molecular flexibility index (Phi) is 4.40. The van der Waals surface area contributed by atoms with Crippen molar-refractivity contribution in [2.24, 2.45) is 0 Å². The van der Waals surface area contributed by atoms with E-state index in [-0.39, 0.29) is 12.4 Å². The molecule has 0 aromatic heterocycles. The van der Waals surface area contributed by atoms with Gasteiger partial charge >= 0.3 is 0 Å². The van der Waals surface area contributed by atoms with E-state index < -0.39 is 11.6 Å². The number of nitrogens with two attached hydrogens (primary N) is 1. The number of ether oxygens (including phenoxy) is 2. The standard InChI is InChI=1S/C15H15F2NO2/c1-2-19-15-4-3-13(18)5-10(15)9-20-14-7-11(16)6-12(17)8-14/h3-8H,2,9,18H2,1H3. The minimum Gasteiger partial charge on any atom is -0.493 e. The van der Waals surface area contributed by atoms with Crippen LogP contribution in [0.1, 0.15) is 12.5 Å². The van der Waals surface area contributed by atoms with Crippen molar-refractivity contribution in [3.8, 4) is 11.5 Å². The summed E-state index contributed by atoms with van der Waals surface area (Å²) < 4.78 is 36.9. The van der Waals surface area contributed by atoms with E-state index in [9.17, 15) is 8.78 Å². The molecule has 2 aromatic rings. The molecule has 2 aromatic carbocycles. The fraction of sp³-hybridized carbons (Fsp3) is 0.200. The Bertz CT molecular complexity index is 582. The predicted octanol–water partition coefficient (Wildman–Crippen LogP) is 3.52. The summed E-state index contributed by atoms with van der Waals surface area (Å²) in [5.74, 6) is -0.610. The van der Waals surface area contributed by atoms with E-state index >= 15 is 0 Å². The largest absolute Gasteiger partial charge is 0.493 e. The van der Waals surface area contributed by atoms with Crippen molar-refractivity contribution in [2.45, 2.75) is 13.5 Å². The molecule has 0 heterocycles. The van der Waals surface area contributed by atoms with Crippen LogP contribution in [0.4, 0.5) is 14.5 Å². The topological polar surface area (TPSA) is 44.5 Å². The second-order valence-corrected chi connectivity index (χ2v) is 4.19. The van der Waals surface area contributed by atoms with Gasteiger partial charge in [-0.05, 0) is 25.1 Å². The van der Waals surface area contributed by atoms with Gasteiger partial charge in [0.25, 0.3) is 0 Å². The van der Waals surface area contributed by atoms with Crippen molar-refractivity contribution >= 4 is 5.69 Å². The van der Waals surface area contributed by atoms with Gasteiger partial charge in [-0.2, -0.15) is 0 Å². The first kappa shape index (κ1) is 14.1. The van der Waals surface area contributed by atoms with E-state index in [1.807, 2.05) is 6.92 Å². The summed E-state index contributed by atoms with van der Waals surface area (Å²) in [6, 6.07) is 8.20. The second-order valence-electron chi connectivity index (χ2n) is 4.19. The number of hydrogen-bond acceptors (Lipinski definition) is 3. The molecule has 0 saturated carbocycles. The maximum atomic E-state index is 13.1. The van der Waals surface area contributed by atoms with E-state index in [0.717, 1.165) is 23.8 Å². The van der Waals surface area contributed by atoms with Crippen molar-refractivity contribution in [1.29, 1.82) is 0 Å². The van der Waals surface area contributed by atoms with Gasteiger partial charge in [-0.1, -0.05) is 0 Å². The average molecular weight is 279 g/mol. The highest BCUT2D eigenvalue weighted by Crippen LogP contribution is 2.24. The van der Waals surface area contributed by atoms with Crippen LogP contribution in [-0.2, 0) is 6.61 Å².